The third-order valence-corrected chi connectivity index (χ3v) is 4.04. The minimum atomic E-state index is -0.348. The lowest BCUT2D eigenvalue weighted by molar-refractivity contribution is -0.197. The zero-order valence-electron chi connectivity index (χ0n) is 14.5. The van der Waals surface area contributed by atoms with Crippen LogP contribution in [-0.4, -0.2) is 42.1 Å². The first-order valence-electron chi connectivity index (χ1n) is 8.28. The third-order valence-electron chi connectivity index (χ3n) is 4.04. The van der Waals surface area contributed by atoms with Crippen molar-refractivity contribution in [1.29, 1.82) is 0 Å². The zero-order chi connectivity index (χ0) is 18.8. The highest BCUT2D eigenvalue weighted by Crippen LogP contribution is 2.29. The lowest BCUT2D eigenvalue weighted by Crippen LogP contribution is -2.33. The summed E-state index contributed by atoms with van der Waals surface area (Å²) >= 11 is 0. The van der Waals surface area contributed by atoms with E-state index in [2.05, 4.69) is 6.92 Å². The topological polar surface area (TPSA) is 110 Å². The van der Waals surface area contributed by atoms with E-state index in [0.29, 0.717) is 12.2 Å². The van der Waals surface area contributed by atoms with Crippen LogP contribution in [0.2, 0.25) is 0 Å². The molecule has 8 heteroatoms. The lowest BCUT2D eigenvalue weighted by atomic mass is 9.83. The van der Waals surface area contributed by atoms with E-state index in [0.717, 1.165) is 30.7 Å². The molecule has 1 aliphatic carbocycles. The summed E-state index contributed by atoms with van der Waals surface area (Å²) in [6.45, 7) is 2.18. The zero-order valence-corrected chi connectivity index (χ0v) is 14.5. The molecule has 3 amide bonds. The van der Waals surface area contributed by atoms with Crippen LogP contribution in [0.15, 0.2) is 12.2 Å². The van der Waals surface area contributed by atoms with Gasteiger partial charge in [-0.2, -0.15) is 5.06 Å². The Morgan fingerprint density at radius 1 is 1.20 bits per heavy atom. The summed E-state index contributed by atoms with van der Waals surface area (Å²) in [5.74, 6) is -0.762. The summed E-state index contributed by atoms with van der Waals surface area (Å²) in [7, 11) is 1.41. The van der Waals surface area contributed by atoms with E-state index in [1.165, 1.54) is 19.2 Å². The first-order chi connectivity index (χ1) is 11.8. The van der Waals surface area contributed by atoms with E-state index in [-0.39, 0.29) is 42.5 Å². The van der Waals surface area contributed by atoms with Gasteiger partial charge in [-0.3, -0.25) is 19.7 Å². The Kier molecular flexibility index (Phi) is 8.52. The Morgan fingerprint density at radius 3 is 2.20 bits per heavy atom. The van der Waals surface area contributed by atoms with Gasteiger partial charge in [0.05, 0.1) is 5.92 Å². The Labute approximate surface area is 146 Å². The van der Waals surface area contributed by atoms with Crippen molar-refractivity contribution < 1.29 is 28.8 Å². The van der Waals surface area contributed by atoms with Crippen LogP contribution in [0.25, 0.3) is 0 Å². The molecule has 0 radical (unpaired) electrons. The number of hydrogen-bond acceptors (Lipinski definition) is 6. The monoisotopic (exact) mass is 352 g/mol. The van der Waals surface area contributed by atoms with Crippen LogP contribution < -0.4 is 5.32 Å². The second-order valence-electron chi connectivity index (χ2n) is 6.15. The molecule has 8 nitrogen and oxygen atoms in total. The van der Waals surface area contributed by atoms with Crippen LogP contribution in [0.3, 0.4) is 0 Å². The molecule has 0 aromatic rings. The van der Waals surface area contributed by atoms with Gasteiger partial charge in [0, 0.05) is 32.0 Å². The van der Waals surface area contributed by atoms with E-state index in [1.54, 1.807) is 0 Å². The molecule has 1 saturated carbocycles. The molecule has 0 bridgehead atoms. The average Bonchev–Trinajstić information content (AvgIpc) is 2.96. The van der Waals surface area contributed by atoms with Gasteiger partial charge in [0.15, 0.2) is 0 Å². The normalized spacial score (nSPS) is 21.7. The maximum atomic E-state index is 11.8. The highest BCUT2D eigenvalue weighted by atomic mass is 16.7. The van der Waals surface area contributed by atoms with Crippen molar-refractivity contribution in [3.05, 3.63) is 12.2 Å². The molecular weight excluding hydrogens is 328 g/mol. The van der Waals surface area contributed by atoms with Crippen LogP contribution in [0.5, 0.6) is 0 Å². The molecule has 0 unspecified atom stereocenters. The molecule has 2 rings (SSSR count). The number of rotatable bonds is 4. The van der Waals surface area contributed by atoms with Crippen LogP contribution >= 0.6 is 0 Å². The fraction of sp³-hybridized carbons (Fsp3) is 0.588. The minimum Gasteiger partial charge on any atom is -0.338 e. The van der Waals surface area contributed by atoms with Crippen LogP contribution in [-0.2, 0) is 28.8 Å². The summed E-state index contributed by atoms with van der Waals surface area (Å²) in [5, 5.41) is 2.98. The summed E-state index contributed by atoms with van der Waals surface area (Å²) in [4.78, 5) is 58.5. The van der Waals surface area contributed by atoms with Crippen LogP contribution in [0, 0.1) is 11.8 Å². The molecule has 2 aliphatic rings. The number of carbonyl (C=O) groups is 5. The van der Waals surface area contributed by atoms with Gasteiger partial charge in [0.1, 0.15) is 6.29 Å². The summed E-state index contributed by atoms with van der Waals surface area (Å²) < 4.78 is 0. The lowest BCUT2D eigenvalue weighted by Gasteiger charge is -2.26. The van der Waals surface area contributed by atoms with Gasteiger partial charge in [0.25, 0.3) is 17.7 Å². The van der Waals surface area contributed by atoms with E-state index in [1.807, 2.05) is 5.32 Å². The predicted octanol–water partition coefficient (Wildman–Crippen LogP) is 0.907. The first kappa shape index (κ1) is 20.5. The maximum Gasteiger partial charge on any atom is 0.335 e. The smallest absolute Gasteiger partial charge is 0.335 e. The van der Waals surface area contributed by atoms with Gasteiger partial charge in [-0.15, -0.1) is 0 Å². The standard InChI is InChI=1S/C13H21NO4.C4H3NO2/c1-10-5-7-11(8-6-10)13(17)18-14(2)12(16)4-3-9-15;6-3-1-2-4(7)5-3/h9-11H,3-8H2,1-2H3;1-2H,(H,5,6,7). The SMILES string of the molecule is CC1CCC(C(=O)ON(C)C(=O)CCC=O)CC1.O=C1C=CC(=O)N1. The Morgan fingerprint density at radius 2 is 1.76 bits per heavy atom. The second kappa shape index (κ2) is 10.4. The fourth-order valence-corrected chi connectivity index (χ4v) is 2.45. The van der Waals surface area contributed by atoms with Gasteiger partial charge in [-0.1, -0.05) is 6.92 Å². The van der Waals surface area contributed by atoms with E-state index >= 15 is 0 Å². The molecule has 1 fully saturated rings. The molecule has 1 aliphatic heterocycles. The van der Waals surface area contributed by atoms with Crippen molar-refractivity contribution in [2.45, 2.75) is 45.4 Å². The van der Waals surface area contributed by atoms with Crippen molar-refractivity contribution in [2.75, 3.05) is 7.05 Å². The number of imide groups is 1. The molecule has 138 valence electrons. The number of carbonyl (C=O) groups excluding carboxylic acids is 5. The summed E-state index contributed by atoms with van der Waals surface area (Å²) in [6.07, 6.45) is 7.02. The van der Waals surface area contributed by atoms with Gasteiger partial charge >= 0.3 is 5.97 Å². The van der Waals surface area contributed by atoms with E-state index in [4.69, 9.17) is 4.84 Å². The average molecular weight is 352 g/mol. The predicted molar refractivity (Wildman–Crippen MR) is 87.6 cm³/mol. The van der Waals surface area contributed by atoms with Crippen molar-refractivity contribution in [3.63, 3.8) is 0 Å². The number of hydrogen-bond donors (Lipinski definition) is 1. The third kappa shape index (κ3) is 7.73. The molecule has 0 aromatic carbocycles. The molecule has 0 atom stereocenters. The summed E-state index contributed by atoms with van der Waals surface area (Å²) in [5.41, 5.74) is 0. The van der Waals surface area contributed by atoms with Crippen LogP contribution in [0.1, 0.15) is 45.4 Å². The molecule has 1 heterocycles. The van der Waals surface area contributed by atoms with Gasteiger partial charge in [-0.05, 0) is 31.6 Å². The van der Waals surface area contributed by atoms with E-state index in [9.17, 15) is 24.0 Å². The molecular formula is C17H24N2O6. The first-order valence-corrected chi connectivity index (χ1v) is 8.28. The second-order valence-corrected chi connectivity index (χ2v) is 6.15. The molecule has 0 saturated heterocycles. The maximum absolute atomic E-state index is 11.8. The number of nitrogens with one attached hydrogen (secondary N) is 1. The van der Waals surface area contributed by atoms with Gasteiger partial charge in [-0.25, -0.2) is 4.79 Å². The number of hydroxylamine groups is 2. The molecule has 0 aromatic heterocycles. The largest absolute Gasteiger partial charge is 0.338 e. The number of aldehydes is 1. The minimum absolute atomic E-state index is 0.0784. The Hall–Kier alpha value is -2.51. The van der Waals surface area contributed by atoms with Crippen molar-refractivity contribution in [3.8, 4) is 0 Å². The highest BCUT2D eigenvalue weighted by molar-refractivity contribution is 6.12. The Balaban J connectivity index is 0.000000370. The Bertz CT molecular complexity index is 533. The van der Waals surface area contributed by atoms with Crippen LogP contribution in [0.4, 0.5) is 0 Å². The van der Waals surface area contributed by atoms with Gasteiger partial charge in [0.2, 0.25) is 0 Å². The number of amides is 3. The van der Waals surface area contributed by atoms with Crippen molar-refractivity contribution in [1.82, 2.24) is 10.4 Å². The molecule has 1 N–H and O–H groups in total. The van der Waals surface area contributed by atoms with E-state index < -0.39 is 0 Å². The molecule has 0 spiro atoms. The summed E-state index contributed by atoms with van der Waals surface area (Å²) in [6, 6.07) is 0. The highest BCUT2D eigenvalue weighted by Gasteiger charge is 2.27. The number of nitrogens with zero attached hydrogens (tertiary/aromatic N) is 1. The fourth-order valence-electron chi connectivity index (χ4n) is 2.45. The van der Waals surface area contributed by atoms with Crippen molar-refractivity contribution >= 4 is 30.0 Å². The quantitative estimate of drug-likeness (QED) is 0.457. The van der Waals surface area contributed by atoms with Gasteiger partial charge < -0.3 is 9.63 Å². The molecule has 25 heavy (non-hydrogen) atoms. The van der Waals surface area contributed by atoms with Crippen molar-refractivity contribution in [2.24, 2.45) is 11.8 Å².